The summed E-state index contributed by atoms with van der Waals surface area (Å²) in [6.07, 6.45) is 2.18. The molecule has 162 valence electrons. The first-order valence-electron chi connectivity index (χ1n) is 10.1. The van der Waals surface area contributed by atoms with Gasteiger partial charge in [0.15, 0.2) is 0 Å². The molecule has 0 aliphatic heterocycles. The number of hydrogen-bond donors (Lipinski definition) is 4. The summed E-state index contributed by atoms with van der Waals surface area (Å²) in [5.41, 5.74) is 2.93. The number of aromatic amines is 1. The van der Waals surface area contributed by atoms with Crippen LogP contribution in [0.25, 0.3) is 10.9 Å². The monoisotopic (exact) mass is 446 g/mol. The van der Waals surface area contributed by atoms with E-state index >= 15 is 0 Å². The van der Waals surface area contributed by atoms with Crippen LogP contribution < -0.4 is 16.0 Å². The fourth-order valence-electron chi connectivity index (χ4n) is 3.45. The van der Waals surface area contributed by atoms with Gasteiger partial charge in [-0.25, -0.2) is 0 Å². The van der Waals surface area contributed by atoms with Crippen LogP contribution in [0.4, 0.5) is 5.69 Å². The molecule has 0 saturated heterocycles. The van der Waals surface area contributed by atoms with Crippen molar-refractivity contribution in [2.75, 3.05) is 12.4 Å². The highest BCUT2D eigenvalue weighted by Crippen LogP contribution is 2.20. The summed E-state index contributed by atoms with van der Waals surface area (Å²) in [4.78, 5) is 41.3. The molecule has 0 fully saturated rings. The zero-order chi connectivity index (χ0) is 22.5. The Bertz CT molecular complexity index is 1250. The van der Waals surface area contributed by atoms with Crippen molar-refractivity contribution in [3.63, 3.8) is 0 Å². The highest BCUT2D eigenvalue weighted by molar-refractivity contribution is 7.12. The van der Waals surface area contributed by atoms with E-state index in [1.54, 1.807) is 43.4 Å². The van der Waals surface area contributed by atoms with Crippen LogP contribution in [0.15, 0.2) is 72.2 Å². The molecule has 4 aromatic rings. The molecule has 2 aromatic carbocycles. The van der Waals surface area contributed by atoms with Crippen LogP contribution in [0.5, 0.6) is 0 Å². The second-order valence-corrected chi connectivity index (χ2v) is 8.16. The number of carbonyl (C=O) groups excluding carboxylic acids is 3. The number of fused-ring (bicyclic) bond motifs is 1. The second-order valence-electron chi connectivity index (χ2n) is 7.21. The van der Waals surface area contributed by atoms with Crippen molar-refractivity contribution < 1.29 is 14.4 Å². The molecule has 0 radical (unpaired) electrons. The quantitative estimate of drug-likeness (QED) is 0.349. The summed E-state index contributed by atoms with van der Waals surface area (Å²) in [6, 6.07) is 17.1. The van der Waals surface area contributed by atoms with Crippen molar-refractivity contribution in [1.29, 1.82) is 0 Å². The zero-order valence-electron chi connectivity index (χ0n) is 17.3. The van der Waals surface area contributed by atoms with Crippen LogP contribution in [0.3, 0.4) is 0 Å². The Hall–Kier alpha value is -3.91. The number of benzene rings is 2. The number of hydrogen-bond acceptors (Lipinski definition) is 4. The Labute approximate surface area is 188 Å². The average Bonchev–Trinajstić information content (AvgIpc) is 3.49. The molecular weight excluding hydrogens is 424 g/mol. The number of H-pyrrole nitrogens is 1. The van der Waals surface area contributed by atoms with Crippen LogP contribution >= 0.6 is 11.3 Å². The minimum absolute atomic E-state index is 0.205. The SMILES string of the molecule is CNC(=O)c1ccc(NC(=O)C(Cc2c[nH]c3ccccc23)NC(=O)c2cccs2)cc1. The van der Waals surface area contributed by atoms with Crippen LogP contribution in [0, 0.1) is 0 Å². The number of aromatic nitrogens is 1. The fourth-order valence-corrected chi connectivity index (χ4v) is 4.07. The molecular formula is C24H22N4O3S. The molecule has 4 rings (SSSR count). The van der Waals surface area contributed by atoms with Gasteiger partial charge in [0.1, 0.15) is 6.04 Å². The summed E-state index contributed by atoms with van der Waals surface area (Å²) in [6.45, 7) is 0. The Morgan fingerprint density at radius 2 is 1.75 bits per heavy atom. The van der Waals surface area contributed by atoms with Crippen LogP contribution in [0.1, 0.15) is 25.6 Å². The lowest BCUT2D eigenvalue weighted by Gasteiger charge is -2.18. The molecule has 1 unspecified atom stereocenters. The van der Waals surface area contributed by atoms with Gasteiger partial charge in [-0.15, -0.1) is 11.3 Å². The topological polar surface area (TPSA) is 103 Å². The lowest BCUT2D eigenvalue weighted by Crippen LogP contribution is -2.45. The molecule has 2 heterocycles. The Morgan fingerprint density at radius 1 is 0.969 bits per heavy atom. The van der Waals surface area contributed by atoms with Gasteiger partial charge in [0, 0.05) is 41.8 Å². The molecule has 0 bridgehead atoms. The maximum absolute atomic E-state index is 13.1. The summed E-state index contributed by atoms with van der Waals surface area (Å²) in [7, 11) is 1.56. The first-order valence-corrected chi connectivity index (χ1v) is 11.0. The van der Waals surface area contributed by atoms with Gasteiger partial charge in [-0.05, 0) is 47.3 Å². The molecule has 8 heteroatoms. The van der Waals surface area contributed by atoms with E-state index in [0.29, 0.717) is 22.5 Å². The fraction of sp³-hybridized carbons (Fsp3) is 0.125. The number of anilines is 1. The lowest BCUT2D eigenvalue weighted by atomic mass is 10.0. The highest BCUT2D eigenvalue weighted by atomic mass is 32.1. The maximum Gasteiger partial charge on any atom is 0.262 e. The molecule has 32 heavy (non-hydrogen) atoms. The first-order chi connectivity index (χ1) is 15.5. The van der Waals surface area contributed by atoms with Gasteiger partial charge in [-0.3, -0.25) is 14.4 Å². The summed E-state index contributed by atoms with van der Waals surface area (Å²) in [5.74, 6) is -0.842. The van der Waals surface area contributed by atoms with Gasteiger partial charge in [0.2, 0.25) is 5.91 Å². The third-order valence-electron chi connectivity index (χ3n) is 5.11. The molecule has 0 aliphatic carbocycles. The molecule has 3 amide bonds. The average molecular weight is 447 g/mol. The van der Waals surface area contributed by atoms with Gasteiger partial charge >= 0.3 is 0 Å². The zero-order valence-corrected chi connectivity index (χ0v) is 18.2. The third kappa shape index (κ3) is 4.70. The lowest BCUT2D eigenvalue weighted by molar-refractivity contribution is -0.118. The number of rotatable bonds is 7. The Kier molecular flexibility index (Phi) is 6.32. The van der Waals surface area contributed by atoms with Gasteiger partial charge in [-0.2, -0.15) is 0 Å². The van der Waals surface area contributed by atoms with Crippen LogP contribution in [0.2, 0.25) is 0 Å². The summed E-state index contributed by atoms with van der Waals surface area (Å²) >= 11 is 1.32. The van der Waals surface area contributed by atoms with E-state index in [4.69, 9.17) is 0 Å². The molecule has 0 aliphatic rings. The van der Waals surface area contributed by atoms with Gasteiger partial charge in [0.05, 0.1) is 4.88 Å². The van der Waals surface area contributed by atoms with Gasteiger partial charge in [-0.1, -0.05) is 24.3 Å². The second kappa shape index (κ2) is 9.49. The van der Waals surface area contributed by atoms with Crippen LogP contribution in [-0.2, 0) is 11.2 Å². The Morgan fingerprint density at radius 3 is 2.47 bits per heavy atom. The standard InChI is InChI=1S/C24H22N4O3S/c1-25-22(29)15-8-10-17(11-9-15)27-23(30)20(28-24(31)21-7-4-12-32-21)13-16-14-26-19-6-3-2-5-18(16)19/h2-12,14,20,26H,13H2,1H3,(H,25,29)(H,27,30)(H,28,31). The first kappa shape index (κ1) is 21.3. The molecule has 4 N–H and O–H groups in total. The van der Waals surface area contributed by atoms with E-state index in [-0.39, 0.29) is 17.7 Å². The van der Waals surface area contributed by atoms with E-state index in [1.165, 1.54) is 11.3 Å². The van der Waals surface area contributed by atoms with Gasteiger partial charge in [0.25, 0.3) is 11.8 Å². The van der Waals surface area contributed by atoms with E-state index in [0.717, 1.165) is 16.5 Å². The van der Waals surface area contributed by atoms with E-state index < -0.39 is 6.04 Å². The van der Waals surface area contributed by atoms with Crippen molar-refractivity contribution in [3.8, 4) is 0 Å². The molecule has 1 atom stereocenters. The van der Waals surface area contributed by atoms with Crippen molar-refractivity contribution in [1.82, 2.24) is 15.6 Å². The smallest absolute Gasteiger partial charge is 0.262 e. The van der Waals surface area contributed by atoms with E-state index in [2.05, 4.69) is 20.9 Å². The van der Waals surface area contributed by atoms with Crippen molar-refractivity contribution >= 4 is 45.6 Å². The van der Waals surface area contributed by atoms with E-state index in [1.807, 2.05) is 35.8 Å². The van der Waals surface area contributed by atoms with Crippen LogP contribution in [-0.4, -0.2) is 35.8 Å². The predicted octanol–water partition coefficient (Wildman–Crippen LogP) is 3.57. The largest absolute Gasteiger partial charge is 0.361 e. The number of carbonyl (C=O) groups is 3. The molecule has 2 aromatic heterocycles. The molecule has 0 saturated carbocycles. The summed E-state index contributed by atoms with van der Waals surface area (Å²) < 4.78 is 0. The number of amides is 3. The van der Waals surface area contributed by atoms with Crippen molar-refractivity contribution in [2.45, 2.75) is 12.5 Å². The molecule has 0 spiro atoms. The van der Waals surface area contributed by atoms with Crippen molar-refractivity contribution in [2.24, 2.45) is 0 Å². The number of para-hydroxylation sites is 1. The summed E-state index contributed by atoms with van der Waals surface area (Å²) in [5, 5.41) is 11.1. The predicted molar refractivity (Wildman–Crippen MR) is 126 cm³/mol. The minimum Gasteiger partial charge on any atom is -0.361 e. The highest BCUT2D eigenvalue weighted by Gasteiger charge is 2.24. The number of nitrogens with one attached hydrogen (secondary N) is 4. The number of thiophene rings is 1. The van der Waals surface area contributed by atoms with E-state index in [9.17, 15) is 14.4 Å². The van der Waals surface area contributed by atoms with Gasteiger partial charge < -0.3 is 20.9 Å². The minimum atomic E-state index is -0.789. The van der Waals surface area contributed by atoms with Crippen molar-refractivity contribution in [3.05, 3.63) is 88.2 Å². The maximum atomic E-state index is 13.1. The normalized spacial score (nSPS) is 11.7. The molecule has 7 nitrogen and oxygen atoms in total. The third-order valence-corrected chi connectivity index (χ3v) is 5.98. The Balaban J connectivity index is 1.55.